The van der Waals surface area contributed by atoms with Gasteiger partial charge in [-0.3, -0.25) is 4.90 Å². The Bertz CT molecular complexity index is 436. The van der Waals surface area contributed by atoms with Crippen LogP contribution >= 0.6 is 0 Å². The zero-order valence-corrected chi connectivity index (χ0v) is 12.1. The van der Waals surface area contributed by atoms with E-state index in [9.17, 15) is 13.2 Å². The molecule has 4 nitrogen and oxygen atoms in total. The lowest BCUT2D eigenvalue weighted by Gasteiger charge is -2.22. The van der Waals surface area contributed by atoms with Gasteiger partial charge in [-0.25, -0.2) is 4.98 Å². The minimum absolute atomic E-state index is 0.608. The van der Waals surface area contributed by atoms with E-state index < -0.39 is 11.7 Å². The number of ether oxygens (including phenoxy) is 1. The lowest BCUT2D eigenvalue weighted by Crippen LogP contribution is -2.33. The van der Waals surface area contributed by atoms with E-state index in [1.807, 2.05) is 4.90 Å². The van der Waals surface area contributed by atoms with Crippen molar-refractivity contribution in [3.63, 3.8) is 0 Å². The number of hydrogen-bond acceptors (Lipinski definition) is 4. The Hall–Kier alpha value is -1.34. The van der Waals surface area contributed by atoms with Crippen LogP contribution in [0.3, 0.4) is 0 Å². The lowest BCUT2D eigenvalue weighted by atomic mass is 10.2. The Kier molecular flexibility index (Phi) is 5.41. The number of rotatable bonds is 4. The second-order valence-corrected chi connectivity index (χ2v) is 5.08. The number of aromatic nitrogens is 1. The second-order valence-electron chi connectivity index (χ2n) is 5.08. The molecule has 0 aliphatic carbocycles. The van der Waals surface area contributed by atoms with Crippen molar-refractivity contribution in [2.24, 2.45) is 0 Å². The zero-order chi connectivity index (χ0) is 15.3. The van der Waals surface area contributed by atoms with E-state index in [-0.39, 0.29) is 0 Å². The van der Waals surface area contributed by atoms with Crippen LogP contribution in [0.4, 0.5) is 19.0 Å². The molecule has 0 aromatic carbocycles. The van der Waals surface area contributed by atoms with Gasteiger partial charge in [-0.1, -0.05) is 0 Å². The van der Waals surface area contributed by atoms with Crippen molar-refractivity contribution in [3.05, 3.63) is 23.9 Å². The number of anilines is 1. The molecule has 1 saturated heterocycles. The molecule has 0 atom stereocenters. The van der Waals surface area contributed by atoms with Crippen molar-refractivity contribution in [1.82, 2.24) is 9.88 Å². The topological polar surface area (TPSA) is 28.6 Å². The number of hydrogen-bond donors (Lipinski definition) is 0. The van der Waals surface area contributed by atoms with Crippen molar-refractivity contribution >= 4 is 5.82 Å². The lowest BCUT2D eigenvalue weighted by molar-refractivity contribution is -0.137. The van der Waals surface area contributed by atoms with Crippen LogP contribution in [0.25, 0.3) is 0 Å². The minimum atomic E-state index is -4.33. The van der Waals surface area contributed by atoms with Gasteiger partial charge in [0, 0.05) is 39.5 Å². The molecule has 7 heteroatoms. The monoisotopic (exact) mass is 303 g/mol. The summed E-state index contributed by atoms with van der Waals surface area (Å²) in [6.45, 7) is 4.99. The van der Waals surface area contributed by atoms with Crippen molar-refractivity contribution in [2.45, 2.75) is 12.6 Å². The third kappa shape index (κ3) is 4.57. The van der Waals surface area contributed by atoms with Gasteiger partial charge >= 0.3 is 6.18 Å². The van der Waals surface area contributed by atoms with Crippen molar-refractivity contribution < 1.29 is 17.9 Å². The van der Waals surface area contributed by atoms with E-state index in [0.717, 1.165) is 51.4 Å². The maximum absolute atomic E-state index is 12.5. The van der Waals surface area contributed by atoms with E-state index in [1.54, 1.807) is 7.11 Å². The fourth-order valence-corrected chi connectivity index (χ4v) is 2.38. The number of pyridine rings is 1. The summed E-state index contributed by atoms with van der Waals surface area (Å²) >= 11 is 0. The highest BCUT2D eigenvalue weighted by Crippen LogP contribution is 2.29. The molecule has 2 heterocycles. The third-order valence-electron chi connectivity index (χ3n) is 3.60. The van der Waals surface area contributed by atoms with Crippen LogP contribution in [0.1, 0.15) is 12.0 Å². The zero-order valence-electron chi connectivity index (χ0n) is 12.1. The minimum Gasteiger partial charge on any atom is -0.383 e. The van der Waals surface area contributed by atoms with Gasteiger partial charge in [0.1, 0.15) is 5.82 Å². The number of nitrogens with zero attached hydrogens (tertiary/aromatic N) is 3. The Morgan fingerprint density at radius 1 is 1.19 bits per heavy atom. The first-order valence-corrected chi connectivity index (χ1v) is 7.00. The average molecular weight is 303 g/mol. The molecular formula is C14H20F3N3O. The van der Waals surface area contributed by atoms with E-state index >= 15 is 0 Å². The molecule has 1 aliphatic rings. The van der Waals surface area contributed by atoms with Crippen molar-refractivity contribution in [2.75, 3.05) is 51.3 Å². The molecule has 1 aliphatic heterocycles. The molecule has 2 rings (SSSR count). The fraction of sp³-hybridized carbons (Fsp3) is 0.643. The second kappa shape index (κ2) is 7.09. The number of halogens is 3. The number of alkyl halides is 3. The van der Waals surface area contributed by atoms with Gasteiger partial charge < -0.3 is 9.64 Å². The van der Waals surface area contributed by atoms with Gasteiger partial charge in [0.15, 0.2) is 0 Å². The summed E-state index contributed by atoms with van der Waals surface area (Å²) in [6, 6.07) is 2.55. The molecule has 0 radical (unpaired) electrons. The summed E-state index contributed by atoms with van der Waals surface area (Å²) in [6.07, 6.45) is -2.46. The van der Waals surface area contributed by atoms with Gasteiger partial charge in [0.05, 0.1) is 12.2 Å². The molecule has 1 aromatic rings. The largest absolute Gasteiger partial charge is 0.417 e. The fourth-order valence-electron chi connectivity index (χ4n) is 2.38. The third-order valence-corrected chi connectivity index (χ3v) is 3.60. The maximum atomic E-state index is 12.5. The molecular weight excluding hydrogens is 283 g/mol. The summed E-state index contributed by atoms with van der Waals surface area (Å²) in [4.78, 5) is 8.29. The van der Waals surface area contributed by atoms with Crippen molar-refractivity contribution in [3.8, 4) is 0 Å². The van der Waals surface area contributed by atoms with E-state index in [4.69, 9.17) is 4.74 Å². The van der Waals surface area contributed by atoms with Gasteiger partial charge in [0.2, 0.25) is 0 Å². The summed E-state index contributed by atoms with van der Waals surface area (Å²) < 4.78 is 42.6. The quantitative estimate of drug-likeness (QED) is 0.853. The van der Waals surface area contributed by atoms with Gasteiger partial charge in [-0.2, -0.15) is 13.2 Å². The van der Waals surface area contributed by atoms with E-state index in [1.165, 1.54) is 6.07 Å². The molecule has 21 heavy (non-hydrogen) atoms. The molecule has 0 N–H and O–H groups in total. The van der Waals surface area contributed by atoms with Gasteiger partial charge in [0.25, 0.3) is 0 Å². The molecule has 118 valence electrons. The molecule has 0 unspecified atom stereocenters. The molecule has 0 spiro atoms. The van der Waals surface area contributed by atoms with E-state index in [0.29, 0.717) is 12.4 Å². The maximum Gasteiger partial charge on any atom is 0.417 e. The first-order chi connectivity index (χ1) is 10.0. The predicted molar refractivity (Wildman–Crippen MR) is 74.4 cm³/mol. The summed E-state index contributed by atoms with van der Waals surface area (Å²) in [5.74, 6) is 0.608. The number of methoxy groups -OCH3 is 1. The van der Waals surface area contributed by atoms with Gasteiger partial charge in [-0.15, -0.1) is 0 Å². The average Bonchev–Trinajstić information content (AvgIpc) is 2.70. The molecule has 1 fully saturated rings. The summed E-state index contributed by atoms with van der Waals surface area (Å²) in [5, 5.41) is 0. The Morgan fingerprint density at radius 2 is 2.00 bits per heavy atom. The standard InChI is InChI=1S/C14H20F3N3O/c1-21-10-9-19-5-2-6-20(8-7-19)13-4-3-12(11-18-13)14(15,16)17/h3-4,11H,2,5-10H2,1H3. The highest BCUT2D eigenvalue weighted by molar-refractivity contribution is 5.40. The molecule has 0 saturated carbocycles. The van der Waals surface area contributed by atoms with E-state index in [2.05, 4.69) is 9.88 Å². The first kappa shape index (κ1) is 16.0. The van der Waals surface area contributed by atoms with Crippen LogP contribution in [-0.4, -0.2) is 56.3 Å². The summed E-state index contributed by atoms with van der Waals surface area (Å²) in [7, 11) is 1.68. The normalized spacial score (nSPS) is 17.8. The SMILES string of the molecule is COCCN1CCCN(c2ccc(C(F)(F)F)cn2)CC1. The van der Waals surface area contributed by atoms with Crippen LogP contribution in [0.2, 0.25) is 0 Å². The Labute approximate surface area is 122 Å². The highest BCUT2D eigenvalue weighted by atomic mass is 19.4. The first-order valence-electron chi connectivity index (χ1n) is 7.00. The van der Waals surface area contributed by atoms with Crippen LogP contribution < -0.4 is 4.90 Å². The van der Waals surface area contributed by atoms with Crippen LogP contribution in [0.5, 0.6) is 0 Å². The molecule has 1 aromatic heterocycles. The van der Waals surface area contributed by atoms with Crippen LogP contribution in [-0.2, 0) is 10.9 Å². The van der Waals surface area contributed by atoms with Gasteiger partial charge in [-0.05, 0) is 25.1 Å². The smallest absolute Gasteiger partial charge is 0.383 e. The van der Waals surface area contributed by atoms with Crippen LogP contribution in [0, 0.1) is 0 Å². The predicted octanol–water partition coefficient (Wildman–Crippen LogP) is 2.26. The van der Waals surface area contributed by atoms with Crippen LogP contribution in [0.15, 0.2) is 18.3 Å². The van der Waals surface area contributed by atoms with Crippen molar-refractivity contribution in [1.29, 1.82) is 0 Å². The molecule has 0 bridgehead atoms. The Morgan fingerprint density at radius 3 is 2.62 bits per heavy atom. The Balaban J connectivity index is 1.96. The molecule has 0 amide bonds. The summed E-state index contributed by atoms with van der Waals surface area (Å²) in [5.41, 5.74) is -0.706. The highest BCUT2D eigenvalue weighted by Gasteiger charge is 2.31.